The molecule has 5 heteroatoms. The van der Waals surface area contributed by atoms with Gasteiger partial charge in [-0.15, -0.1) is 0 Å². The summed E-state index contributed by atoms with van der Waals surface area (Å²) in [6, 6.07) is 4.57. The molecule has 0 aliphatic heterocycles. The Kier molecular flexibility index (Phi) is 3.86. The first kappa shape index (κ1) is 18.0. The fraction of sp³-hybridized carbons (Fsp3) is 0.609. The Morgan fingerprint density at radius 2 is 1.82 bits per heavy atom. The van der Waals surface area contributed by atoms with Crippen LogP contribution in [0.1, 0.15) is 66.7 Å². The van der Waals surface area contributed by atoms with Crippen molar-refractivity contribution >= 4 is 17.3 Å². The summed E-state index contributed by atoms with van der Waals surface area (Å²) < 4.78 is 6.46. The van der Waals surface area contributed by atoms with Crippen LogP contribution in [0, 0.1) is 29.1 Å². The van der Waals surface area contributed by atoms with Crippen LogP contribution in [0.2, 0.25) is 0 Å². The summed E-state index contributed by atoms with van der Waals surface area (Å²) in [7, 11) is 0. The molecular weight excluding hydrogens is 356 g/mol. The molecule has 0 saturated heterocycles. The van der Waals surface area contributed by atoms with Crippen LogP contribution >= 0.6 is 0 Å². The first-order chi connectivity index (χ1) is 13.3. The van der Waals surface area contributed by atoms with E-state index in [1.54, 1.807) is 12.1 Å². The zero-order chi connectivity index (χ0) is 19.8. The molecule has 4 aliphatic rings. The molecule has 4 aliphatic carbocycles. The van der Waals surface area contributed by atoms with Crippen molar-refractivity contribution in [2.45, 2.75) is 58.2 Å². The van der Waals surface area contributed by atoms with Gasteiger partial charge in [0.2, 0.25) is 0 Å². The molecule has 0 spiro atoms. The highest BCUT2D eigenvalue weighted by Gasteiger charge is 2.56. The largest absolute Gasteiger partial charge is 0.507 e. The summed E-state index contributed by atoms with van der Waals surface area (Å²) in [5.74, 6) is -0.936. The number of ether oxygens (including phenoxy) is 1. The molecule has 0 aromatic heterocycles. The van der Waals surface area contributed by atoms with E-state index >= 15 is 0 Å². The molecule has 148 valence electrons. The van der Waals surface area contributed by atoms with Gasteiger partial charge in [-0.1, -0.05) is 26.0 Å². The van der Waals surface area contributed by atoms with Crippen LogP contribution in [-0.2, 0) is 9.53 Å². The molecule has 1 aromatic rings. The Hall–Kier alpha value is -2.01. The van der Waals surface area contributed by atoms with Crippen LogP contribution in [0.4, 0.5) is 0 Å². The van der Waals surface area contributed by atoms with E-state index in [0.717, 1.165) is 12.8 Å². The number of aromatic hydroxyl groups is 1. The van der Waals surface area contributed by atoms with Crippen molar-refractivity contribution in [3.8, 4) is 5.75 Å². The third-order valence-corrected chi connectivity index (χ3v) is 8.05. The quantitative estimate of drug-likeness (QED) is 0.846. The number of carbonyl (C=O) groups excluding carboxylic acids is 3. The molecule has 5 unspecified atom stereocenters. The molecule has 5 rings (SSSR count). The van der Waals surface area contributed by atoms with Gasteiger partial charge in [0.1, 0.15) is 11.5 Å². The van der Waals surface area contributed by atoms with Gasteiger partial charge in [0.25, 0.3) is 0 Å². The van der Waals surface area contributed by atoms with Crippen LogP contribution in [0.15, 0.2) is 18.2 Å². The van der Waals surface area contributed by atoms with E-state index in [9.17, 15) is 19.5 Å². The van der Waals surface area contributed by atoms with E-state index in [1.807, 2.05) is 0 Å². The lowest BCUT2D eigenvalue weighted by Crippen LogP contribution is -2.50. The number of ketones is 3. The number of rotatable bonds is 2. The van der Waals surface area contributed by atoms with Gasteiger partial charge in [-0.25, -0.2) is 0 Å². The van der Waals surface area contributed by atoms with Gasteiger partial charge in [-0.3, -0.25) is 14.4 Å². The third kappa shape index (κ3) is 2.38. The third-order valence-electron chi connectivity index (χ3n) is 8.05. The van der Waals surface area contributed by atoms with E-state index in [0.29, 0.717) is 11.8 Å². The number of hydrogen-bond acceptors (Lipinski definition) is 5. The smallest absolute Gasteiger partial charge is 0.173 e. The molecule has 2 bridgehead atoms. The second kappa shape index (κ2) is 5.99. The summed E-state index contributed by atoms with van der Waals surface area (Å²) >= 11 is 0. The monoisotopic (exact) mass is 382 g/mol. The number of phenols is 1. The fourth-order valence-corrected chi connectivity index (χ4v) is 6.51. The zero-order valence-electron chi connectivity index (χ0n) is 16.3. The standard InChI is InChI=1S/C23H26O5/c1-23(2)11-6-7-15(23)17(8-11)28-18-10-12(24)9-14-20(18)22(27)19-13(21(14)26)4-3-5-16(19)25/h3-5,11,14-15,17-18,20,25H,6-10H2,1-2H3/t11?,14?,15?,17-,18?,20?/m0/s1. The lowest BCUT2D eigenvalue weighted by molar-refractivity contribution is -0.134. The minimum atomic E-state index is -0.673. The van der Waals surface area contributed by atoms with Crippen LogP contribution in [0.5, 0.6) is 5.75 Å². The molecule has 3 saturated carbocycles. The molecule has 6 atom stereocenters. The van der Waals surface area contributed by atoms with Crippen molar-refractivity contribution in [1.29, 1.82) is 0 Å². The maximum Gasteiger partial charge on any atom is 0.173 e. The van der Waals surface area contributed by atoms with Crippen molar-refractivity contribution in [1.82, 2.24) is 0 Å². The number of benzene rings is 1. The SMILES string of the molecule is CC1(C)C2CCC1[C@@H](OC1CC(=O)CC3C(=O)c4cccc(O)c4C(=O)C13)C2. The Morgan fingerprint density at radius 3 is 2.50 bits per heavy atom. The van der Waals surface area contributed by atoms with Gasteiger partial charge in [-0.2, -0.15) is 0 Å². The van der Waals surface area contributed by atoms with Crippen molar-refractivity contribution in [2.75, 3.05) is 0 Å². The summed E-state index contributed by atoms with van der Waals surface area (Å²) in [4.78, 5) is 38.8. The van der Waals surface area contributed by atoms with Crippen LogP contribution < -0.4 is 0 Å². The van der Waals surface area contributed by atoms with Gasteiger partial charge in [0.05, 0.1) is 23.7 Å². The fourth-order valence-electron chi connectivity index (χ4n) is 6.51. The second-order valence-corrected chi connectivity index (χ2v) is 9.66. The zero-order valence-corrected chi connectivity index (χ0v) is 16.3. The predicted octanol–water partition coefficient (Wildman–Crippen LogP) is 3.58. The van der Waals surface area contributed by atoms with Crippen LogP contribution in [0.25, 0.3) is 0 Å². The molecule has 5 nitrogen and oxygen atoms in total. The Morgan fingerprint density at radius 1 is 1.04 bits per heavy atom. The van der Waals surface area contributed by atoms with Crippen molar-refractivity contribution in [2.24, 2.45) is 29.1 Å². The van der Waals surface area contributed by atoms with E-state index in [4.69, 9.17) is 4.74 Å². The summed E-state index contributed by atoms with van der Waals surface area (Å²) in [6.07, 6.45) is 3.03. The lowest BCUT2D eigenvalue weighted by atomic mass is 9.65. The molecule has 28 heavy (non-hydrogen) atoms. The van der Waals surface area contributed by atoms with Crippen molar-refractivity contribution in [3.05, 3.63) is 29.3 Å². The average molecular weight is 382 g/mol. The van der Waals surface area contributed by atoms with E-state index < -0.39 is 17.9 Å². The Labute approximate surface area is 164 Å². The molecule has 3 fully saturated rings. The molecular formula is C23H26O5. The topological polar surface area (TPSA) is 80.7 Å². The number of Topliss-reactive ketones (excluding diaryl/α,β-unsaturated/α-hetero) is 3. The number of hydrogen-bond donors (Lipinski definition) is 1. The van der Waals surface area contributed by atoms with Gasteiger partial charge >= 0.3 is 0 Å². The Balaban J connectivity index is 1.49. The van der Waals surface area contributed by atoms with Gasteiger partial charge in [0.15, 0.2) is 11.6 Å². The summed E-state index contributed by atoms with van der Waals surface area (Å²) in [5, 5.41) is 10.2. The van der Waals surface area contributed by atoms with Crippen LogP contribution in [-0.4, -0.2) is 34.7 Å². The molecule has 0 radical (unpaired) electrons. The minimum Gasteiger partial charge on any atom is -0.507 e. The Bertz CT molecular complexity index is 885. The predicted molar refractivity (Wildman–Crippen MR) is 101 cm³/mol. The van der Waals surface area contributed by atoms with Crippen LogP contribution in [0.3, 0.4) is 0 Å². The summed E-state index contributed by atoms with van der Waals surface area (Å²) in [6.45, 7) is 4.58. The molecule has 1 N–H and O–H groups in total. The maximum absolute atomic E-state index is 13.3. The molecule has 1 aromatic carbocycles. The van der Waals surface area contributed by atoms with E-state index in [2.05, 4.69) is 13.8 Å². The number of phenolic OH excluding ortho intramolecular Hbond substituents is 1. The highest BCUT2D eigenvalue weighted by atomic mass is 16.5. The van der Waals surface area contributed by atoms with Crippen molar-refractivity contribution in [3.63, 3.8) is 0 Å². The number of fused-ring (bicyclic) bond motifs is 4. The van der Waals surface area contributed by atoms with E-state index in [1.165, 1.54) is 12.5 Å². The van der Waals surface area contributed by atoms with Gasteiger partial charge in [-0.05, 0) is 42.6 Å². The summed E-state index contributed by atoms with van der Waals surface area (Å²) in [5.41, 5.74) is 0.561. The van der Waals surface area contributed by atoms with Gasteiger partial charge < -0.3 is 9.84 Å². The van der Waals surface area contributed by atoms with Gasteiger partial charge in [0, 0.05) is 24.3 Å². The first-order valence-electron chi connectivity index (χ1n) is 10.4. The molecule has 0 heterocycles. The highest BCUT2D eigenvalue weighted by Crippen LogP contribution is 2.59. The average Bonchev–Trinajstić information content (AvgIpc) is 3.05. The minimum absolute atomic E-state index is 0.0154. The highest BCUT2D eigenvalue weighted by molar-refractivity contribution is 6.18. The normalized spacial score (nSPS) is 38.4. The molecule has 0 amide bonds. The number of carbonyl (C=O) groups is 3. The van der Waals surface area contributed by atoms with Crippen molar-refractivity contribution < 1.29 is 24.2 Å². The second-order valence-electron chi connectivity index (χ2n) is 9.66. The lowest BCUT2D eigenvalue weighted by Gasteiger charge is -2.41. The van der Waals surface area contributed by atoms with E-state index in [-0.39, 0.29) is 58.6 Å². The maximum atomic E-state index is 13.3. The first-order valence-corrected chi connectivity index (χ1v) is 10.4.